The minimum atomic E-state index is -4.03. The number of nitrogens with zero attached hydrogens (tertiary/aromatic N) is 1. The summed E-state index contributed by atoms with van der Waals surface area (Å²) in [6.45, 7) is 2.76. The number of piperidine rings is 1. The first-order valence-electron chi connectivity index (χ1n) is 5.47. The van der Waals surface area contributed by atoms with Crippen LogP contribution in [0.25, 0.3) is 0 Å². The molecule has 0 radical (unpaired) electrons. The molecule has 1 fully saturated rings. The van der Waals surface area contributed by atoms with E-state index in [1.165, 1.54) is 0 Å². The first-order chi connectivity index (χ1) is 7.54. The number of rotatable bonds is 5. The molecule has 0 N–H and O–H groups in total. The smallest absolute Gasteiger partial charge is 0.379 e. The highest BCUT2D eigenvalue weighted by atomic mass is 35.5. The molecule has 0 unspecified atom stereocenters. The van der Waals surface area contributed by atoms with Crippen LogP contribution in [0, 0.1) is 5.92 Å². The lowest BCUT2D eigenvalue weighted by atomic mass is 9.96. The lowest BCUT2D eigenvalue weighted by molar-refractivity contribution is -0.185. The lowest BCUT2D eigenvalue weighted by Gasteiger charge is -2.32. The first-order valence-corrected chi connectivity index (χ1v) is 6.00. The maximum atomic E-state index is 12.4. The zero-order chi connectivity index (χ0) is 12.0. The molecule has 0 aromatic heterocycles. The summed E-state index contributed by atoms with van der Waals surface area (Å²) in [5, 5.41) is 0. The second-order valence-corrected chi connectivity index (χ2v) is 4.34. The normalized spacial score (nSPS) is 20.2. The van der Waals surface area contributed by atoms with Crippen LogP contribution in [0.5, 0.6) is 0 Å². The molecule has 1 saturated heterocycles. The van der Waals surface area contributed by atoms with Crippen molar-refractivity contribution in [3.63, 3.8) is 0 Å². The van der Waals surface area contributed by atoms with Gasteiger partial charge in [-0.3, -0.25) is 0 Å². The van der Waals surface area contributed by atoms with E-state index in [2.05, 4.69) is 0 Å². The Kier molecular flexibility index (Phi) is 5.86. The molecule has 1 aliphatic heterocycles. The Morgan fingerprint density at radius 1 is 1.19 bits per heavy atom. The number of hydrogen-bond acceptors (Lipinski definition) is 2. The van der Waals surface area contributed by atoms with E-state index >= 15 is 0 Å². The van der Waals surface area contributed by atoms with Gasteiger partial charge in [-0.25, -0.2) is 0 Å². The molecule has 16 heavy (non-hydrogen) atoms. The molecule has 1 aliphatic rings. The molecule has 0 aromatic carbocycles. The zero-order valence-electron chi connectivity index (χ0n) is 9.10. The average Bonchev–Trinajstić information content (AvgIpc) is 2.24. The molecule has 1 heterocycles. The van der Waals surface area contributed by atoms with Gasteiger partial charge < -0.3 is 9.64 Å². The van der Waals surface area contributed by atoms with Crippen LogP contribution in [0.3, 0.4) is 0 Å². The summed E-state index contributed by atoms with van der Waals surface area (Å²) in [4.78, 5) is 2.01. The third kappa shape index (κ3) is 4.89. The van der Waals surface area contributed by atoms with Gasteiger partial charge in [0.2, 0.25) is 0 Å². The van der Waals surface area contributed by atoms with Crippen LogP contribution < -0.4 is 0 Å². The van der Waals surface area contributed by atoms with E-state index < -0.39 is 12.1 Å². The quantitative estimate of drug-likeness (QED) is 0.556. The van der Waals surface area contributed by atoms with E-state index in [-0.39, 0.29) is 12.8 Å². The monoisotopic (exact) mass is 259 g/mol. The van der Waals surface area contributed by atoms with Crippen LogP contribution in [0.15, 0.2) is 0 Å². The highest BCUT2D eigenvalue weighted by molar-refractivity contribution is 6.17. The maximum absolute atomic E-state index is 12.4. The van der Waals surface area contributed by atoms with E-state index in [0.717, 1.165) is 0 Å². The average molecular weight is 260 g/mol. The fourth-order valence-electron chi connectivity index (χ4n) is 1.83. The Balaban J connectivity index is 2.12. The van der Waals surface area contributed by atoms with Gasteiger partial charge in [0.1, 0.15) is 0 Å². The molecule has 6 heteroatoms. The summed E-state index contributed by atoms with van der Waals surface area (Å²) in [5.41, 5.74) is 0. The van der Waals surface area contributed by atoms with Crippen LogP contribution in [-0.4, -0.2) is 49.8 Å². The highest BCUT2D eigenvalue weighted by Crippen LogP contribution is 2.33. The van der Waals surface area contributed by atoms with Crippen molar-refractivity contribution in [2.75, 3.05) is 38.7 Å². The van der Waals surface area contributed by atoms with Crippen molar-refractivity contribution in [2.24, 2.45) is 5.92 Å². The highest BCUT2D eigenvalue weighted by Gasteiger charge is 2.40. The summed E-state index contributed by atoms with van der Waals surface area (Å²) >= 11 is 5.43. The summed E-state index contributed by atoms with van der Waals surface area (Å²) < 4.78 is 42.3. The Morgan fingerprint density at radius 2 is 1.81 bits per heavy atom. The van der Waals surface area contributed by atoms with E-state index in [1.807, 2.05) is 4.90 Å². The minimum Gasteiger partial charge on any atom is -0.379 e. The molecule has 0 aromatic rings. The zero-order valence-corrected chi connectivity index (χ0v) is 9.86. The number of ether oxygens (including phenoxy) is 1. The summed E-state index contributed by atoms with van der Waals surface area (Å²) in [6.07, 6.45) is -3.61. The number of halogens is 4. The van der Waals surface area contributed by atoms with Crippen molar-refractivity contribution in [2.45, 2.75) is 19.0 Å². The standard InChI is InChI=1S/C10H17ClF3NO/c11-3-7-16-8-6-15-4-1-9(2-5-15)10(12,13)14/h9H,1-8H2. The van der Waals surface area contributed by atoms with Crippen LogP contribution in [0.1, 0.15) is 12.8 Å². The molecule has 0 bridgehead atoms. The summed E-state index contributed by atoms with van der Waals surface area (Å²) in [5.74, 6) is -0.664. The molecule has 0 atom stereocenters. The van der Waals surface area contributed by atoms with E-state index in [9.17, 15) is 13.2 Å². The van der Waals surface area contributed by atoms with Crippen LogP contribution >= 0.6 is 11.6 Å². The number of hydrogen-bond donors (Lipinski definition) is 0. The van der Waals surface area contributed by atoms with E-state index in [1.54, 1.807) is 0 Å². The molecule has 1 rings (SSSR count). The summed E-state index contributed by atoms with van der Waals surface area (Å²) in [7, 11) is 0. The van der Waals surface area contributed by atoms with Gasteiger partial charge in [0, 0.05) is 12.4 Å². The fraction of sp³-hybridized carbons (Fsp3) is 1.00. The molecule has 0 aliphatic carbocycles. The Hall–Kier alpha value is 0. The SMILES string of the molecule is FC(F)(F)C1CCN(CCOCCCl)CC1. The van der Waals surface area contributed by atoms with Gasteiger partial charge in [0.25, 0.3) is 0 Å². The third-order valence-electron chi connectivity index (χ3n) is 2.82. The number of likely N-dealkylation sites (tertiary alicyclic amines) is 1. The van der Waals surface area contributed by atoms with Crippen LogP contribution in [-0.2, 0) is 4.74 Å². The van der Waals surface area contributed by atoms with Crippen LogP contribution in [0.4, 0.5) is 13.2 Å². The largest absolute Gasteiger partial charge is 0.391 e. The molecular formula is C10H17ClF3NO. The van der Waals surface area contributed by atoms with Crippen molar-refractivity contribution in [1.29, 1.82) is 0 Å². The molecule has 0 spiro atoms. The molecular weight excluding hydrogens is 243 g/mol. The lowest BCUT2D eigenvalue weighted by Crippen LogP contribution is -2.40. The fourth-order valence-corrected chi connectivity index (χ4v) is 1.94. The van der Waals surface area contributed by atoms with Gasteiger partial charge in [-0.2, -0.15) is 13.2 Å². The molecule has 0 amide bonds. The van der Waals surface area contributed by atoms with Gasteiger partial charge >= 0.3 is 6.18 Å². The van der Waals surface area contributed by atoms with Crippen molar-refractivity contribution < 1.29 is 17.9 Å². The second-order valence-electron chi connectivity index (χ2n) is 3.96. The second kappa shape index (κ2) is 6.67. The molecule has 0 saturated carbocycles. The van der Waals surface area contributed by atoms with Gasteiger partial charge in [-0.15, -0.1) is 11.6 Å². The predicted octanol–water partition coefficient (Wildman–Crippen LogP) is 2.52. The minimum absolute atomic E-state index is 0.207. The Bertz CT molecular complexity index is 193. The summed E-state index contributed by atoms with van der Waals surface area (Å²) in [6, 6.07) is 0. The van der Waals surface area contributed by atoms with Crippen molar-refractivity contribution in [1.82, 2.24) is 4.90 Å². The number of alkyl halides is 4. The van der Waals surface area contributed by atoms with Crippen LogP contribution in [0.2, 0.25) is 0 Å². The van der Waals surface area contributed by atoms with Gasteiger partial charge in [0.15, 0.2) is 0 Å². The first kappa shape index (κ1) is 14.1. The van der Waals surface area contributed by atoms with E-state index in [0.29, 0.717) is 38.7 Å². The Labute approximate surface area is 98.7 Å². The van der Waals surface area contributed by atoms with Gasteiger partial charge in [-0.05, 0) is 25.9 Å². The van der Waals surface area contributed by atoms with E-state index in [4.69, 9.17) is 16.3 Å². The predicted molar refractivity (Wildman–Crippen MR) is 56.8 cm³/mol. The maximum Gasteiger partial charge on any atom is 0.391 e. The third-order valence-corrected chi connectivity index (χ3v) is 2.98. The topological polar surface area (TPSA) is 12.5 Å². The van der Waals surface area contributed by atoms with Crippen molar-refractivity contribution in [3.8, 4) is 0 Å². The van der Waals surface area contributed by atoms with Gasteiger partial charge in [0.05, 0.1) is 19.1 Å². The molecule has 96 valence electrons. The van der Waals surface area contributed by atoms with Crippen molar-refractivity contribution >= 4 is 11.6 Å². The van der Waals surface area contributed by atoms with Crippen molar-refractivity contribution in [3.05, 3.63) is 0 Å². The Morgan fingerprint density at radius 3 is 2.31 bits per heavy atom. The van der Waals surface area contributed by atoms with Gasteiger partial charge in [-0.1, -0.05) is 0 Å². The molecule has 2 nitrogen and oxygen atoms in total.